The van der Waals surface area contributed by atoms with Gasteiger partial charge in [-0.15, -0.1) is 0 Å². The molecule has 1 aliphatic heterocycles. The number of furan rings is 1. The van der Waals surface area contributed by atoms with Crippen molar-refractivity contribution in [2.75, 3.05) is 37.6 Å². The summed E-state index contributed by atoms with van der Waals surface area (Å²) in [4.78, 5) is 37.4. The number of amides is 2. The lowest BCUT2D eigenvalue weighted by Gasteiger charge is -2.35. The number of aromatic nitrogens is 2. The Morgan fingerprint density at radius 3 is 2.61 bits per heavy atom. The van der Waals surface area contributed by atoms with Crippen LogP contribution in [-0.4, -0.2) is 59.4 Å². The Hall–Kier alpha value is -2.90. The van der Waals surface area contributed by atoms with Crippen LogP contribution in [-0.2, 0) is 0 Å². The van der Waals surface area contributed by atoms with E-state index in [2.05, 4.69) is 34.0 Å². The van der Waals surface area contributed by atoms with Crippen molar-refractivity contribution < 1.29 is 14.0 Å². The summed E-state index contributed by atoms with van der Waals surface area (Å²) in [5.41, 5.74) is 0.375. The van der Waals surface area contributed by atoms with Crippen LogP contribution in [0, 0.1) is 12.8 Å². The van der Waals surface area contributed by atoms with Crippen LogP contribution in [0.3, 0.4) is 0 Å². The summed E-state index contributed by atoms with van der Waals surface area (Å²) >= 11 is 0. The molecule has 1 N–H and O–H groups in total. The molecule has 0 aliphatic carbocycles. The van der Waals surface area contributed by atoms with Gasteiger partial charge in [-0.05, 0) is 31.4 Å². The highest BCUT2D eigenvalue weighted by Crippen LogP contribution is 2.17. The van der Waals surface area contributed by atoms with E-state index in [0.717, 1.165) is 6.42 Å². The van der Waals surface area contributed by atoms with E-state index in [0.29, 0.717) is 61.7 Å². The Morgan fingerprint density at radius 2 is 1.96 bits per heavy atom. The van der Waals surface area contributed by atoms with Gasteiger partial charge in [0.2, 0.25) is 0 Å². The number of anilines is 1. The summed E-state index contributed by atoms with van der Waals surface area (Å²) in [6.07, 6.45) is 2.43. The topological polar surface area (TPSA) is 91.6 Å². The number of piperazine rings is 1. The monoisotopic (exact) mass is 385 g/mol. The highest BCUT2D eigenvalue weighted by molar-refractivity contribution is 5.93. The van der Waals surface area contributed by atoms with E-state index in [1.54, 1.807) is 30.0 Å². The summed E-state index contributed by atoms with van der Waals surface area (Å²) in [5, 5.41) is 2.91. The van der Waals surface area contributed by atoms with Crippen LogP contribution in [0.5, 0.6) is 0 Å². The minimum atomic E-state index is -0.181. The third-order valence-corrected chi connectivity index (χ3v) is 4.69. The number of hydrogen-bond donors (Lipinski definition) is 1. The lowest BCUT2D eigenvalue weighted by atomic mass is 10.1. The van der Waals surface area contributed by atoms with Crippen LogP contribution in [0.4, 0.5) is 5.82 Å². The first-order chi connectivity index (χ1) is 13.4. The molecule has 28 heavy (non-hydrogen) atoms. The van der Waals surface area contributed by atoms with Gasteiger partial charge in [0.15, 0.2) is 5.76 Å². The van der Waals surface area contributed by atoms with Gasteiger partial charge >= 0.3 is 0 Å². The van der Waals surface area contributed by atoms with Gasteiger partial charge < -0.3 is 19.5 Å². The number of rotatable bonds is 6. The molecule has 0 aromatic carbocycles. The highest BCUT2D eigenvalue weighted by Gasteiger charge is 2.25. The zero-order valence-corrected chi connectivity index (χ0v) is 16.6. The minimum absolute atomic E-state index is 0.103. The largest absolute Gasteiger partial charge is 0.459 e. The molecule has 2 amide bonds. The van der Waals surface area contributed by atoms with Crippen molar-refractivity contribution in [1.82, 2.24) is 20.2 Å². The van der Waals surface area contributed by atoms with Crippen molar-refractivity contribution in [2.24, 2.45) is 5.92 Å². The Kier molecular flexibility index (Phi) is 6.28. The zero-order valence-electron chi connectivity index (χ0n) is 16.6. The second-order valence-corrected chi connectivity index (χ2v) is 7.35. The number of aryl methyl sites for hydroxylation is 1. The van der Waals surface area contributed by atoms with Gasteiger partial charge in [-0.2, -0.15) is 0 Å². The van der Waals surface area contributed by atoms with Gasteiger partial charge in [0.1, 0.15) is 17.3 Å². The van der Waals surface area contributed by atoms with Crippen LogP contribution >= 0.6 is 0 Å². The maximum atomic E-state index is 12.4. The van der Waals surface area contributed by atoms with Crippen LogP contribution in [0.25, 0.3) is 0 Å². The van der Waals surface area contributed by atoms with E-state index >= 15 is 0 Å². The van der Waals surface area contributed by atoms with Crippen molar-refractivity contribution in [2.45, 2.75) is 27.2 Å². The van der Waals surface area contributed by atoms with Crippen molar-refractivity contribution in [1.29, 1.82) is 0 Å². The molecule has 3 rings (SSSR count). The van der Waals surface area contributed by atoms with E-state index in [1.165, 1.54) is 6.26 Å². The Morgan fingerprint density at radius 1 is 1.21 bits per heavy atom. The molecular formula is C20H27N5O3. The van der Waals surface area contributed by atoms with E-state index < -0.39 is 0 Å². The smallest absolute Gasteiger partial charge is 0.289 e. The average Bonchev–Trinajstić information content (AvgIpc) is 3.21. The number of carbonyl (C=O) groups is 2. The molecule has 1 saturated heterocycles. The summed E-state index contributed by atoms with van der Waals surface area (Å²) in [7, 11) is 0. The normalized spacial score (nSPS) is 14.4. The van der Waals surface area contributed by atoms with Crippen LogP contribution < -0.4 is 10.2 Å². The standard InChI is InChI=1S/C20H27N5O3/c1-14(2)6-7-21-19(26)16-13-18(23-15(3)22-16)24-8-10-25(11-9-24)20(27)17-5-4-12-28-17/h4-5,12-14H,6-11H2,1-3H3,(H,21,26). The second-order valence-electron chi connectivity index (χ2n) is 7.35. The quantitative estimate of drug-likeness (QED) is 0.819. The molecule has 3 heterocycles. The molecule has 150 valence electrons. The van der Waals surface area contributed by atoms with E-state index in [-0.39, 0.29) is 11.8 Å². The molecule has 0 atom stereocenters. The predicted molar refractivity (Wildman–Crippen MR) is 105 cm³/mol. The lowest BCUT2D eigenvalue weighted by molar-refractivity contribution is 0.0714. The third-order valence-electron chi connectivity index (χ3n) is 4.69. The maximum Gasteiger partial charge on any atom is 0.289 e. The van der Waals surface area contributed by atoms with Gasteiger partial charge in [-0.3, -0.25) is 9.59 Å². The molecule has 8 nitrogen and oxygen atoms in total. The minimum Gasteiger partial charge on any atom is -0.459 e. The molecule has 0 unspecified atom stereocenters. The van der Waals surface area contributed by atoms with Gasteiger partial charge in [-0.1, -0.05) is 13.8 Å². The fourth-order valence-corrected chi connectivity index (χ4v) is 3.09. The first-order valence-corrected chi connectivity index (χ1v) is 9.65. The summed E-state index contributed by atoms with van der Waals surface area (Å²) < 4.78 is 5.19. The first kappa shape index (κ1) is 19.9. The van der Waals surface area contributed by atoms with Gasteiger partial charge in [-0.25, -0.2) is 9.97 Å². The summed E-state index contributed by atoms with van der Waals surface area (Å²) in [6.45, 7) is 9.06. The lowest BCUT2D eigenvalue weighted by Crippen LogP contribution is -2.49. The summed E-state index contributed by atoms with van der Waals surface area (Å²) in [5.74, 6) is 1.87. The molecule has 2 aromatic rings. The number of nitrogens with one attached hydrogen (secondary N) is 1. The third kappa shape index (κ3) is 4.88. The van der Waals surface area contributed by atoms with Crippen molar-refractivity contribution in [3.05, 3.63) is 41.7 Å². The number of nitrogens with zero attached hydrogens (tertiary/aromatic N) is 4. The van der Waals surface area contributed by atoms with Crippen molar-refractivity contribution in [3.8, 4) is 0 Å². The van der Waals surface area contributed by atoms with Gasteiger partial charge in [0.25, 0.3) is 11.8 Å². The van der Waals surface area contributed by atoms with E-state index in [1.807, 2.05) is 0 Å². The Labute approximate surface area is 164 Å². The van der Waals surface area contributed by atoms with Gasteiger partial charge in [0, 0.05) is 38.8 Å². The highest BCUT2D eigenvalue weighted by atomic mass is 16.3. The maximum absolute atomic E-state index is 12.4. The molecular weight excluding hydrogens is 358 g/mol. The first-order valence-electron chi connectivity index (χ1n) is 9.65. The number of hydrogen-bond acceptors (Lipinski definition) is 6. The molecule has 0 spiro atoms. The van der Waals surface area contributed by atoms with Crippen LogP contribution in [0.15, 0.2) is 28.9 Å². The SMILES string of the molecule is Cc1nc(C(=O)NCCC(C)C)cc(N2CCN(C(=O)c3ccco3)CC2)n1. The van der Waals surface area contributed by atoms with Crippen molar-refractivity contribution >= 4 is 17.6 Å². The molecule has 0 radical (unpaired) electrons. The molecule has 0 bridgehead atoms. The molecule has 1 fully saturated rings. The van der Waals surface area contributed by atoms with E-state index in [4.69, 9.17) is 4.42 Å². The Balaban J connectivity index is 1.62. The van der Waals surface area contributed by atoms with E-state index in [9.17, 15) is 9.59 Å². The number of carbonyl (C=O) groups excluding carboxylic acids is 2. The molecule has 0 saturated carbocycles. The summed E-state index contributed by atoms with van der Waals surface area (Å²) in [6, 6.07) is 5.11. The molecule has 8 heteroatoms. The molecule has 2 aromatic heterocycles. The second kappa shape index (κ2) is 8.86. The fraction of sp³-hybridized carbons (Fsp3) is 0.500. The predicted octanol–water partition coefficient (Wildman–Crippen LogP) is 2.12. The van der Waals surface area contributed by atoms with Gasteiger partial charge in [0.05, 0.1) is 6.26 Å². The van der Waals surface area contributed by atoms with Crippen LogP contribution in [0.1, 0.15) is 47.1 Å². The zero-order chi connectivity index (χ0) is 20.1. The van der Waals surface area contributed by atoms with Crippen molar-refractivity contribution in [3.63, 3.8) is 0 Å². The fourth-order valence-electron chi connectivity index (χ4n) is 3.09. The average molecular weight is 385 g/mol. The molecule has 1 aliphatic rings. The Bertz CT molecular complexity index is 811. The van der Waals surface area contributed by atoms with Crippen LogP contribution in [0.2, 0.25) is 0 Å².